The summed E-state index contributed by atoms with van der Waals surface area (Å²) in [5, 5.41) is 2.81. The van der Waals surface area contributed by atoms with E-state index in [-0.39, 0.29) is 12.5 Å². The van der Waals surface area contributed by atoms with E-state index >= 15 is 0 Å². The van der Waals surface area contributed by atoms with Crippen molar-refractivity contribution < 1.29 is 13.2 Å². The Hall–Kier alpha value is -2.34. The van der Waals surface area contributed by atoms with Crippen LogP contribution in [0.2, 0.25) is 0 Å². The van der Waals surface area contributed by atoms with Gasteiger partial charge in [-0.1, -0.05) is 38.1 Å². The molecule has 1 amide bonds. The fourth-order valence-corrected chi connectivity index (χ4v) is 3.97. The number of amides is 1. The smallest absolute Gasteiger partial charge is 0.245 e. The van der Waals surface area contributed by atoms with E-state index in [2.05, 4.69) is 5.32 Å². The second kappa shape index (κ2) is 8.57. The van der Waals surface area contributed by atoms with Crippen molar-refractivity contribution in [1.82, 2.24) is 0 Å². The summed E-state index contributed by atoms with van der Waals surface area (Å²) in [5.74, 6) is -0.364. The lowest BCUT2D eigenvalue weighted by Crippen LogP contribution is -2.38. The quantitative estimate of drug-likeness (QED) is 0.784. The van der Waals surface area contributed by atoms with Gasteiger partial charge in [0.2, 0.25) is 15.9 Å². The molecule has 0 heterocycles. The van der Waals surface area contributed by atoms with Crippen LogP contribution in [0.5, 0.6) is 0 Å². The molecule has 0 saturated carbocycles. The van der Waals surface area contributed by atoms with Crippen LogP contribution in [0.25, 0.3) is 0 Å². The molecule has 2 aromatic rings. The Morgan fingerprint density at radius 2 is 1.59 bits per heavy atom. The Morgan fingerprint density at radius 3 is 2.07 bits per heavy atom. The fraction of sp³-hybridized carbons (Fsp3) is 0.381. The number of carbonyl (C=O) groups excluding carboxylic acids is 1. The monoisotopic (exact) mass is 388 g/mol. The van der Waals surface area contributed by atoms with Crippen molar-refractivity contribution in [1.29, 1.82) is 0 Å². The Labute approximate surface area is 162 Å². The molecular formula is C21H28N2O3S. The zero-order valence-electron chi connectivity index (χ0n) is 16.7. The van der Waals surface area contributed by atoms with Gasteiger partial charge in [0.15, 0.2) is 0 Å². The largest absolute Gasteiger partial charge is 0.325 e. The first-order chi connectivity index (χ1) is 12.7. The van der Waals surface area contributed by atoms with Crippen molar-refractivity contribution in [3.8, 4) is 0 Å². The Balaban J connectivity index is 2.36. The number of carbonyl (C=O) groups is 1. The van der Waals surface area contributed by atoms with Crippen molar-refractivity contribution in [3.63, 3.8) is 0 Å². The highest BCUT2D eigenvalue weighted by atomic mass is 32.2. The van der Waals surface area contributed by atoms with Crippen LogP contribution in [-0.4, -0.2) is 27.1 Å². The van der Waals surface area contributed by atoms with Crippen LogP contribution in [0.15, 0.2) is 36.4 Å². The lowest BCUT2D eigenvalue weighted by Gasteiger charge is -2.26. The van der Waals surface area contributed by atoms with Crippen LogP contribution in [-0.2, 0) is 27.7 Å². The van der Waals surface area contributed by atoms with Crippen molar-refractivity contribution in [2.45, 2.75) is 40.5 Å². The summed E-state index contributed by atoms with van der Waals surface area (Å²) < 4.78 is 26.2. The minimum atomic E-state index is -3.61. The summed E-state index contributed by atoms with van der Waals surface area (Å²) in [6.07, 6.45) is 2.52. The van der Waals surface area contributed by atoms with Crippen molar-refractivity contribution in [3.05, 3.63) is 58.7 Å². The number of hydrogen-bond donors (Lipinski definition) is 1. The molecule has 2 rings (SSSR count). The van der Waals surface area contributed by atoms with Crippen LogP contribution >= 0.6 is 0 Å². The molecule has 0 atom stereocenters. The first-order valence-corrected chi connectivity index (χ1v) is 11.0. The maximum atomic E-state index is 12.6. The molecule has 146 valence electrons. The number of aryl methyl sites for hydroxylation is 4. The number of para-hydroxylation sites is 1. The maximum Gasteiger partial charge on any atom is 0.245 e. The van der Waals surface area contributed by atoms with Gasteiger partial charge in [-0.3, -0.25) is 9.10 Å². The highest BCUT2D eigenvalue weighted by Crippen LogP contribution is 2.29. The second-order valence-electron chi connectivity index (χ2n) is 6.75. The molecule has 1 N–H and O–H groups in total. The molecule has 0 unspecified atom stereocenters. The second-order valence-corrected chi connectivity index (χ2v) is 8.66. The van der Waals surface area contributed by atoms with Gasteiger partial charge in [0.25, 0.3) is 0 Å². The Bertz CT molecular complexity index is 914. The molecule has 0 aliphatic rings. The third kappa shape index (κ3) is 5.10. The third-order valence-electron chi connectivity index (χ3n) is 4.69. The number of sulfonamides is 1. The van der Waals surface area contributed by atoms with Gasteiger partial charge in [-0.2, -0.15) is 0 Å². The van der Waals surface area contributed by atoms with E-state index < -0.39 is 10.0 Å². The van der Waals surface area contributed by atoms with Gasteiger partial charge < -0.3 is 5.32 Å². The molecule has 0 spiro atoms. The van der Waals surface area contributed by atoms with Crippen molar-refractivity contribution in [2.75, 3.05) is 22.4 Å². The standard InChI is InChI=1S/C21H28N2O3S/c1-6-17-9-8-10-18(7-2)21(17)23(27(5,25)26)14-20(24)22-19-12-11-15(3)16(4)13-19/h8-13H,6-7,14H2,1-5H3,(H,22,24). The van der Waals surface area contributed by atoms with E-state index in [1.54, 1.807) is 0 Å². The van der Waals surface area contributed by atoms with E-state index in [1.165, 1.54) is 4.31 Å². The van der Waals surface area contributed by atoms with Crippen LogP contribution in [0.3, 0.4) is 0 Å². The first-order valence-electron chi connectivity index (χ1n) is 9.13. The molecule has 2 aromatic carbocycles. The number of benzene rings is 2. The molecule has 5 nitrogen and oxygen atoms in total. The van der Waals surface area contributed by atoms with Gasteiger partial charge in [0.1, 0.15) is 6.54 Å². The number of anilines is 2. The van der Waals surface area contributed by atoms with Crippen LogP contribution in [0.1, 0.15) is 36.1 Å². The topological polar surface area (TPSA) is 66.5 Å². The van der Waals surface area contributed by atoms with Crippen molar-refractivity contribution in [2.24, 2.45) is 0 Å². The van der Waals surface area contributed by atoms with Crippen LogP contribution in [0, 0.1) is 13.8 Å². The molecule has 0 aromatic heterocycles. The molecule has 0 bridgehead atoms. The van der Waals surface area contributed by atoms with Crippen LogP contribution < -0.4 is 9.62 Å². The van der Waals surface area contributed by atoms with Gasteiger partial charge in [0, 0.05) is 5.69 Å². The van der Waals surface area contributed by atoms with Gasteiger partial charge in [-0.15, -0.1) is 0 Å². The minimum Gasteiger partial charge on any atom is -0.325 e. The van der Waals surface area contributed by atoms with E-state index in [1.807, 2.05) is 64.1 Å². The fourth-order valence-electron chi connectivity index (χ4n) is 3.05. The van der Waals surface area contributed by atoms with Gasteiger partial charge in [0.05, 0.1) is 11.9 Å². The maximum absolute atomic E-state index is 12.6. The molecule has 0 aliphatic carbocycles. The number of nitrogens with zero attached hydrogens (tertiary/aromatic N) is 1. The molecule has 27 heavy (non-hydrogen) atoms. The highest BCUT2D eigenvalue weighted by molar-refractivity contribution is 7.92. The lowest BCUT2D eigenvalue weighted by atomic mass is 10.0. The molecule has 0 saturated heterocycles. The number of hydrogen-bond acceptors (Lipinski definition) is 3. The average molecular weight is 389 g/mol. The number of nitrogens with one attached hydrogen (secondary N) is 1. The zero-order valence-corrected chi connectivity index (χ0v) is 17.5. The summed E-state index contributed by atoms with van der Waals surface area (Å²) >= 11 is 0. The molecule has 6 heteroatoms. The molecule has 0 fully saturated rings. The summed E-state index contributed by atoms with van der Waals surface area (Å²) in [7, 11) is -3.61. The normalized spacial score (nSPS) is 11.3. The van der Waals surface area contributed by atoms with Gasteiger partial charge in [-0.05, 0) is 61.1 Å². The minimum absolute atomic E-state index is 0.254. The van der Waals surface area contributed by atoms with Gasteiger partial charge in [-0.25, -0.2) is 8.42 Å². The summed E-state index contributed by atoms with van der Waals surface area (Å²) in [5.41, 5.74) is 5.32. The van der Waals surface area contributed by atoms with Crippen molar-refractivity contribution >= 4 is 27.3 Å². The highest BCUT2D eigenvalue weighted by Gasteiger charge is 2.25. The molecule has 0 aliphatic heterocycles. The predicted molar refractivity (Wildman–Crippen MR) is 112 cm³/mol. The van der Waals surface area contributed by atoms with Crippen LogP contribution in [0.4, 0.5) is 11.4 Å². The molecule has 0 radical (unpaired) electrons. The lowest BCUT2D eigenvalue weighted by molar-refractivity contribution is -0.114. The zero-order chi connectivity index (χ0) is 20.2. The number of rotatable bonds is 7. The Kier molecular flexibility index (Phi) is 6.65. The first kappa shape index (κ1) is 21.0. The van der Waals surface area contributed by atoms with Gasteiger partial charge >= 0.3 is 0 Å². The predicted octanol–water partition coefficient (Wildman–Crippen LogP) is 3.83. The average Bonchev–Trinajstić information content (AvgIpc) is 2.61. The SMILES string of the molecule is CCc1cccc(CC)c1N(CC(=O)Nc1ccc(C)c(C)c1)S(C)(=O)=O. The Morgan fingerprint density at radius 1 is 1.00 bits per heavy atom. The van der Waals surface area contributed by atoms with E-state index in [4.69, 9.17) is 0 Å². The summed E-state index contributed by atoms with van der Waals surface area (Å²) in [6, 6.07) is 11.4. The third-order valence-corrected chi connectivity index (χ3v) is 5.80. The molecular weight excluding hydrogens is 360 g/mol. The van der Waals surface area contributed by atoms with E-state index in [0.29, 0.717) is 24.2 Å². The van der Waals surface area contributed by atoms with E-state index in [9.17, 15) is 13.2 Å². The summed E-state index contributed by atoms with van der Waals surface area (Å²) in [4.78, 5) is 12.6. The van der Waals surface area contributed by atoms with E-state index in [0.717, 1.165) is 28.5 Å². The summed E-state index contributed by atoms with van der Waals surface area (Å²) in [6.45, 7) is 7.68.